The summed E-state index contributed by atoms with van der Waals surface area (Å²) in [5.74, 6) is 0. The number of anilines is 2. The first-order valence-corrected chi connectivity index (χ1v) is 5.34. The van der Waals surface area contributed by atoms with Gasteiger partial charge >= 0.3 is 0 Å². The average molecular weight is 205 g/mol. The Morgan fingerprint density at radius 1 is 1.47 bits per heavy atom. The van der Waals surface area contributed by atoms with Gasteiger partial charge in [-0.05, 0) is 31.5 Å². The van der Waals surface area contributed by atoms with E-state index in [4.69, 9.17) is 5.73 Å². The second kappa shape index (κ2) is 3.42. The second-order valence-electron chi connectivity index (χ2n) is 4.92. The molecule has 0 aromatic heterocycles. The van der Waals surface area contributed by atoms with Crippen LogP contribution in [0.15, 0.2) is 18.2 Å². The molecule has 1 aromatic rings. The first-order valence-electron chi connectivity index (χ1n) is 5.34. The Bertz CT molecular complexity index is 371. The van der Waals surface area contributed by atoms with E-state index in [1.807, 2.05) is 0 Å². The van der Waals surface area contributed by atoms with Gasteiger partial charge in [0.15, 0.2) is 0 Å². The van der Waals surface area contributed by atoms with Gasteiger partial charge in [0, 0.05) is 25.7 Å². The monoisotopic (exact) mass is 205 g/mol. The van der Waals surface area contributed by atoms with Crippen molar-refractivity contribution in [2.24, 2.45) is 5.73 Å². The lowest BCUT2D eigenvalue weighted by molar-refractivity contribution is 0.550. The molecule has 82 valence electrons. The second-order valence-corrected chi connectivity index (χ2v) is 4.92. The van der Waals surface area contributed by atoms with Gasteiger partial charge in [0.25, 0.3) is 0 Å². The van der Waals surface area contributed by atoms with Crippen molar-refractivity contribution in [3.63, 3.8) is 0 Å². The summed E-state index contributed by atoms with van der Waals surface area (Å²) in [6.07, 6.45) is 0. The predicted molar refractivity (Wildman–Crippen MR) is 65.3 cm³/mol. The van der Waals surface area contributed by atoms with Gasteiger partial charge in [-0.3, -0.25) is 0 Å². The Hall–Kier alpha value is -1.22. The van der Waals surface area contributed by atoms with E-state index < -0.39 is 0 Å². The van der Waals surface area contributed by atoms with Crippen molar-refractivity contribution in [1.29, 1.82) is 0 Å². The summed E-state index contributed by atoms with van der Waals surface area (Å²) < 4.78 is 0. The molecule has 3 heteroatoms. The molecule has 1 aromatic carbocycles. The van der Waals surface area contributed by atoms with Crippen LogP contribution in [-0.2, 0) is 6.54 Å². The Morgan fingerprint density at radius 3 is 2.87 bits per heavy atom. The van der Waals surface area contributed by atoms with Gasteiger partial charge in [0.2, 0.25) is 0 Å². The number of fused-ring (bicyclic) bond motifs is 1. The molecule has 0 fully saturated rings. The number of hydrogen-bond acceptors (Lipinski definition) is 3. The fourth-order valence-corrected chi connectivity index (χ4v) is 2.21. The molecule has 0 bridgehead atoms. The summed E-state index contributed by atoms with van der Waals surface area (Å²) in [5.41, 5.74) is 9.40. The Kier molecular flexibility index (Phi) is 2.35. The normalized spacial score (nSPS) is 18.3. The smallest absolute Gasteiger partial charge is 0.0603 e. The van der Waals surface area contributed by atoms with Crippen molar-refractivity contribution < 1.29 is 0 Å². The van der Waals surface area contributed by atoms with Crippen LogP contribution < -0.4 is 16.0 Å². The Balaban J connectivity index is 2.41. The maximum absolute atomic E-state index is 5.64. The van der Waals surface area contributed by atoms with Crippen LogP contribution in [0.25, 0.3) is 0 Å². The van der Waals surface area contributed by atoms with Crippen LogP contribution in [0, 0.1) is 0 Å². The van der Waals surface area contributed by atoms with E-state index in [0.717, 1.165) is 6.54 Å². The van der Waals surface area contributed by atoms with Crippen molar-refractivity contribution in [1.82, 2.24) is 0 Å². The number of rotatable bonds is 1. The van der Waals surface area contributed by atoms with E-state index in [2.05, 4.69) is 49.3 Å². The van der Waals surface area contributed by atoms with E-state index in [9.17, 15) is 0 Å². The van der Waals surface area contributed by atoms with Gasteiger partial charge < -0.3 is 16.0 Å². The van der Waals surface area contributed by atoms with E-state index in [-0.39, 0.29) is 5.54 Å². The predicted octanol–water partition coefficient (Wildman–Crippen LogP) is 1.79. The van der Waals surface area contributed by atoms with E-state index >= 15 is 0 Å². The standard InChI is InChI=1S/C12H19N3/c1-12(2)8-15(3)11-6-9(7-13)4-5-10(11)14-12/h4-6,14H,7-8,13H2,1-3H3. The van der Waals surface area contributed by atoms with Crippen LogP contribution in [0.3, 0.4) is 0 Å². The van der Waals surface area contributed by atoms with Gasteiger partial charge in [0.05, 0.1) is 11.4 Å². The summed E-state index contributed by atoms with van der Waals surface area (Å²) in [4.78, 5) is 2.28. The highest BCUT2D eigenvalue weighted by molar-refractivity contribution is 5.74. The third kappa shape index (κ3) is 1.92. The summed E-state index contributed by atoms with van der Waals surface area (Å²) in [6.45, 7) is 6.03. The minimum Gasteiger partial charge on any atom is -0.377 e. The SMILES string of the molecule is CN1CC(C)(C)Nc2ccc(CN)cc21. The van der Waals surface area contributed by atoms with Crippen LogP contribution in [0.4, 0.5) is 11.4 Å². The minimum atomic E-state index is 0.131. The number of nitrogens with two attached hydrogens (primary N) is 1. The van der Waals surface area contributed by atoms with Crippen molar-refractivity contribution in [2.45, 2.75) is 25.9 Å². The molecule has 0 saturated carbocycles. The molecule has 0 amide bonds. The van der Waals surface area contributed by atoms with Crippen molar-refractivity contribution in [3.8, 4) is 0 Å². The van der Waals surface area contributed by atoms with Crippen LogP contribution in [0.5, 0.6) is 0 Å². The molecule has 2 rings (SSSR count). The maximum atomic E-state index is 5.64. The fourth-order valence-electron chi connectivity index (χ4n) is 2.21. The summed E-state index contributed by atoms with van der Waals surface area (Å²) in [6, 6.07) is 6.37. The molecule has 1 aliphatic rings. The molecule has 0 spiro atoms. The first-order chi connectivity index (χ1) is 7.02. The van der Waals surface area contributed by atoms with Gasteiger partial charge in [-0.1, -0.05) is 6.07 Å². The van der Waals surface area contributed by atoms with Crippen LogP contribution in [0.2, 0.25) is 0 Å². The van der Waals surface area contributed by atoms with Crippen LogP contribution in [0.1, 0.15) is 19.4 Å². The number of hydrogen-bond donors (Lipinski definition) is 2. The summed E-state index contributed by atoms with van der Waals surface area (Å²) >= 11 is 0. The zero-order valence-corrected chi connectivity index (χ0v) is 9.67. The molecular formula is C12H19N3. The molecule has 15 heavy (non-hydrogen) atoms. The number of nitrogens with one attached hydrogen (secondary N) is 1. The largest absolute Gasteiger partial charge is 0.377 e. The molecule has 1 heterocycles. The molecule has 3 nitrogen and oxygen atoms in total. The third-order valence-corrected chi connectivity index (χ3v) is 2.81. The Morgan fingerprint density at radius 2 is 2.20 bits per heavy atom. The van der Waals surface area contributed by atoms with Crippen molar-refractivity contribution in [2.75, 3.05) is 23.8 Å². The highest BCUT2D eigenvalue weighted by Crippen LogP contribution is 2.33. The van der Waals surface area contributed by atoms with Crippen LogP contribution >= 0.6 is 0 Å². The molecule has 1 aliphatic heterocycles. The highest BCUT2D eigenvalue weighted by Gasteiger charge is 2.27. The fraction of sp³-hybridized carbons (Fsp3) is 0.500. The van der Waals surface area contributed by atoms with E-state index in [1.54, 1.807) is 0 Å². The maximum Gasteiger partial charge on any atom is 0.0603 e. The van der Waals surface area contributed by atoms with Crippen molar-refractivity contribution >= 4 is 11.4 Å². The minimum absolute atomic E-state index is 0.131. The van der Waals surface area contributed by atoms with Gasteiger partial charge in [-0.2, -0.15) is 0 Å². The molecule has 0 atom stereocenters. The van der Waals surface area contributed by atoms with Gasteiger partial charge in [0.1, 0.15) is 0 Å². The number of benzene rings is 1. The molecule has 0 saturated heterocycles. The molecule has 0 unspecified atom stereocenters. The molecule has 3 N–H and O–H groups in total. The molecule has 0 radical (unpaired) electrons. The topological polar surface area (TPSA) is 41.3 Å². The zero-order chi connectivity index (χ0) is 11.1. The van der Waals surface area contributed by atoms with Gasteiger partial charge in [-0.15, -0.1) is 0 Å². The lowest BCUT2D eigenvalue weighted by atomic mass is 9.99. The van der Waals surface area contributed by atoms with Crippen LogP contribution in [-0.4, -0.2) is 19.1 Å². The molecular weight excluding hydrogens is 186 g/mol. The van der Waals surface area contributed by atoms with Crippen molar-refractivity contribution in [3.05, 3.63) is 23.8 Å². The van der Waals surface area contributed by atoms with E-state index in [1.165, 1.54) is 16.9 Å². The van der Waals surface area contributed by atoms with Gasteiger partial charge in [-0.25, -0.2) is 0 Å². The summed E-state index contributed by atoms with van der Waals surface area (Å²) in [7, 11) is 2.13. The Labute approximate surface area is 91.3 Å². The third-order valence-electron chi connectivity index (χ3n) is 2.81. The number of nitrogens with zero attached hydrogens (tertiary/aromatic N) is 1. The molecule has 0 aliphatic carbocycles. The quantitative estimate of drug-likeness (QED) is 0.734. The summed E-state index contributed by atoms with van der Waals surface area (Å²) in [5, 5.41) is 3.54. The zero-order valence-electron chi connectivity index (χ0n) is 9.67. The average Bonchev–Trinajstić information content (AvgIpc) is 2.15. The number of likely N-dealkylation sites (N-methyl/N-ethyl adjacent to an activating group) is 1. The lowest BCUT2D eigenvalue weighted by Gasteiger charge is -2.40. The lowest BCUT2D eigenvalue weighted by Crippen LogP contribution is -2.46. The highest BCUT2D eigenvalue weighted by atomic mass is 15.2. The first kappa shape index (κ1) is 10.3. The van der Waals surface area contributed by atoms with E-state index in [0.29, 0.717) is 6.54 Å².